The predicted octanol–water partition coefficient (Wildman–Crippen LogP) is 1.91. The third-order valence-electron chi connectivity index (χ3n) is 4.22. The molecule has 0 aliphatic carbocycles. The summed E-state index contributed by atoms with van der Waals surface area (Å²) in [6, 6.07) is 0.482. The van der Waals surface area contributed by atoms with E-state index in [1.807, 2.05) is 7.05 Å². The van der Waals surface area contributed by atoms with Crippen LogP contribution >= 0.6 is 11.8 Å². The van der Waals surface area contributed by atoms with Crippen molar-refractivity contribution in [1.29, 1.82) is 0 Å². The Balaban J connectivity index is 1.95. The summed E-state index contributed by atoms with van der Waals surface area (Å²) in [5, 5.41) is 3.41. The number of rotatable bonds is 4. The van der Waals surface area contributed by atoms with E-state index in [2.05, 4.69) is 17.1 Å². The lowest BCUT2D eigenvalue weighted by Crippen LogP contribution is -2.49. The van der Waals surface area contributed by atoms with Crippen LogP contribution in [0.4, 0.5) is 0 Å². The van der Waals surface area contributed by atoms with Crippen LogP contribution in [0.5, 0.6) is 0 Å². The van der Waals surface area contributed by atoms with Crippen molar-refractivity contribution >= 4 is 11.8 Å². The second-order valence-electron chi connectivity index (χ2n) is 5.25. The minimum absolute atomic E-state index is 0.191. The van der Waals surface area contributed by atoms with Gasteiger partial charge in [-0.05, 0) is 50.2 Å². The van der Waals surface area contributed by atoms with Gasteiger partial charge in [0, 0.05) is 19.8 Å². The molecule has 2 saturated heterocycles. The Labute approximate surface area is 109 Å². The average molecular weight is 259 g/mol. The standard InChI is InChI=1S/C13H25NO2S/c1-14-12(10-15-2)11-3-6-16-13(9-11)4-7-17-8-5-13/h11-12,14H,3-10H2,1-2H3. The minimum atomic E-state index is 0.191. The molecule has 0 bridgehead atoms. The van der Waals surface area contributed by atoms with Crippen molar-refractivity contribution < 1.29 is 9.47 Å². The maximum atomic E-state index is 6.13. The summed E-state index contributed by atoms with van der Waals surface area (Å²) in [6.45, 7) is 1.74. The summed E-state index contributed by atoms with van der Waals surface area (Å²) >= 11 is 2.07. The first-order valence-corrected chi connectivity index (χ1v) is 7.83. The van der Waals surface area contributed by atoms with Crippen LogP contribution in [-0.4, -0.2) is 50.5 Å². The zero-order valence-electron chi connectivity index (χ0n) is 11.0. The summed E-state index contributed by atoms with van der Waals surface area (Å²) in [4.78, 5) is 0. The topological polar surface area (TPSA) is 30.5 Å². The van der Waals surface area contributed by atoms with Crippen LogP contribution < -0.4 is 5.32 Å². The van der Waals surface area contributed by atoms with E-state index in [0.29, 0.717) is 12.0 Å². The Hall–Kier alpha value is 0.230. The molecule has 2 unspecified atom stereocenters. The number of methoxy groups -OCH3 is 1. The number of likely N-dealkylation sites (N-methyl/N-ethyl adjacent to an activating group) is 1. The van der Waals surface area contributed by atoms with Crippen LogP contribution in [0.1, 0.15) is 25.7 Å². The molecule has 2 atom stereocenters. The molecule has 4 heteroatoms. The maximum Gasteiger partial charge on any atom is 0.0701 e. The van der Waals surface area contributed by atoms with Gasteiger partial charge < -0.3 is 14.8 Å². The van der Waals surface area contributed by atoms with Gasteiger partial charge in [0.2, 0.25) is 0 Å². The van der Waals surface area contributed by atoms with Crippen LogP contribution in [-0.2, 0) is 9.47 Å². The highest BCUT2D eigenvalue weighted by atomic mass is 32.2. The van der Waals surface area contributed by atoms with Gasteiger partial charge >= 0.3 is 0 Å². The van der Waals surface area contributed by atoms with Gasteiger partial charge in [0.15, 0.2) is 0 Å². The Morgan fingerprint density at radius 1 is 1.47 bits per heavy atom. The van der Waals surface area contributed by atoms with E-state index >= 15 is 0 Å². The maximum absolute atomic E-state index is 6.13. The number of hydrogen-bond acceptors (Lipinski definition) is 4. The van der Waals surface area contributed by atoms with Gasteiger partial charge in [-0.2, -0.15) is 11.8 Å². The summed E-state index contributed by atoms with van der Waals surface area (Å²) in [6.07, 6.45) is 4.85. The van der Waals surface area contributed by atoms with Crippen LogP contribution in [0.2, 0.25) is 0 Å². The molecule has 2 aliphatic heterocycles. The first kappa shape index (κ1) is 13.7. The number of nitrogens with one attached hydrogen (secondary N) is 1. The van der Waals surface area contributed by atoms with Crippen LogP contribution in [0.15, 0.2) is 0 Å². The van der Waals surface area contributed by atoms with Crippen molar-refractivity contribution in [2.24, 2.45) is 5.92 Å². The lowest BCUT2D eigenvalue weighted by atomic mass is 9.79. The van der Waals surface area contributed by atoms with E-state index in [1.54, 1.807) is 7.11 Å². The zero-order chi connectivity index (χ0) is 12.1. The van der Waals surface area contributed by atoms with E-state index < -0.39 is 0 Å². The van der Waals surface area contributed by atoms with Gasteiger partial charge in [0.05, 0.1) is 12.2 Å². The molecule has 0 aromatic carbocycles. The molecule has 0 saturated carbocycles. The van der Waals surface area contributed by atoms with Gasteiger partial charge in [-0.15, -0.1) is 0 Å². The third-order valence-corrected chi connectivity index (χ3v) is 5.21. The van der Waals surface area contributed by atoms with Crippen molar-refractivity contribution in [1.82, 2.24) is 5.32 Å². The normalized spacial score (nSPS) is 30.4. The van der Waals surface area contributed by atoms with Crippen LogP contribution in [0, 0.1) is 5.92 Å². The van der Waals surface area contributed by atoms with Gasteiger partial charge in [-0.1, -0.05) is 0 Å². The highest BCUT2D eigenvalue weighted by Crippen LogP contribution is 2.40. The largest absolute Gasteiger partial charge is 0.383 e. The molecule has 1 spiro atoms. The second kappa shape index (κ2) is 6.41. The van der Waals surface area contributed by atoms with Crippen molar-refractivity contribution in [2.75, 3.05) is 38.9 Å². The summed E-state index contributed by atoms with van der Waals surface area (Å²) in [5.74, 6) is 3.24. The summed E-state index contributed by atoms with van der Waals surface area (Å²) in [5.41, 5.74) is 0.191. The van der Waals surface area contributed by atoms with E-state index in [1.165, 1.54) is 37.2 Å². The van der Waals surface area contributed by atoms with E-state index in [0.717, 1.165) is 13.2 Å². The fourth-order valence-corrected chi connectivity index (χ4v) is 4.37. The molecule has 1 N–H and O–H groups in total. The van der Waals surface area contributed by atoms with Gasteiger partial charge in [-0.3, -0.25) is 0 Å². The van der Waals surface area contributed by atoms with Crippen molar-refractivity contribution in [3.8, 4) is 0 Å². The Bertz CT molecular complexity index is 226. The van der Waals surface area contributed by atoms with Gasteiger partial charge in [0.1, 0.15) is 0 Å². The lowest BCUT2D eigenvalue weighted by molar-refractivity contribution is -0.109. The second-order valence-corrected chi connectivity index (χ2v) is 6.47. The predicted molar refractivity (Wildman–Crippen MR) is 72.7 cm³/mol. The van der Waals surface area contributed by atoms with Crippen molar-refractivity contribution in [3.63, 3.8) is 0 Å². The van der Waals surface area contributed by atoms with Gasteiger partial charge in [0.25, 0.3) is 0 Å². The molecule has 3 nitrogen and oxygen atoms in total. The van der Waals surface area contributed by atoms with E-state index in [9.17, 15) is 0 Å². The van der Waals surface area contributed by atoms with Crippen molar-refractivity contribution in [2.45, 2.75) is 37.3 Å². The number of ether oxygens (including phenoxy) is 2. The molecule has 2 fully saturated rings. The molecule has 17 heavy (non-hydrogen) atoms. The Kier molecular flexibility index (Phi) is 5.15. The Morgan fingerprint density at radius 3 is 2.88 bits per heavy atom. The quantitative estimate of drug-likeness (QED) is 0.835. The molecule has 0 amide bonds. The van der Waals surface area contributed by atoms with Crippen LogP contribution in [0.3, 0.4) is 0 Å². The molecule has 2 aliphatic rings. The Morgan fingerprint density at radius 2 is 2.24 bits per heavy atom. The highest BCUT2D eigenvalue weighted by molar-refractivity contribution is 7.99. The average Bonchev–Trinajstić information content (AvgIpc) is 2.37. The molecular formula is C13H25NO2S. The zero-order valence-corrected chi connectivity index (χ0v) is 11.9. The SMILES string of the molecule is CNC(COC)C1CCOC2(CCSCC2)C1. The molecule has 0 radical (unpaired) electrons. The first-order chi connectivity index (χ1) is 8.29. The molecule has 2 heterocycles. The van der Waals surface area contributed by atoms with Crippen LogP contribution in [0.25, 0.3) is 0 Å². The van der Waals surface area contributed by atoms with E-state index in [4.69, 9.17) is 9.47 Å². The summed E-state index contributed by atoms with van der Waals surface area (Å²) in [7, 11) is 3.83. The fourth-order valence-electron chi connectivity index (χ4n) is 3.14. The smallest absolute Gasteiger partial charge is 0.0701 e. The minimum Gasteiger partial charge on any atom is -0.383 e. The molecule has 2 rings (SSSR count). The highest BCUT2D eigenvalue weighted by Gasteiger charge is 2.40. The van der Waals surface area contributed by atoms with E-state index in [-0.39, 0.29) is 5.60 Å². The molecule has 0 aromatic heterocycles. The fraction of sp³-hybridized carbons (Fsp3) is 1.00. The summed E-state index contributed by atoms with van der Waals surface area (Å²) < 4.78 is 11.4. The lowest BCUT2D eigenvalue weighted by Gasteiger charge is -2.45. The number of thioether (sulfide) groups is 1. The molecular weight excluding hydrogens is 234 g/mol. The molecule has 100 valence electrons. The monoisotopic (exact) mass is 259 g/mol. The third kappa shape index (κ3) is 3.37. The van der Waals surface area contributed by atoms with Gasteiger partial charge in [-0.25, -0.2) is 0 Å². The first-order valence-electron chi connectivity index (χ1n) is 6.67. The molecule has 0 aromatic rings. The van der Waals surface area contributed by atoms with Crippen molar-refractivity contribution in [3.05, 3.63) is 0 Å². The number of hydrogen-bond donors (Lipinski definition) is 1.